The summed E-state index contributed by atoms with van der Waals surface area (Å²) in [4.78, 5) is 10.9. The van der Waals surface area contributed by atoms with Gasteiger partial charge in [0.25, 0.3) is 0 Å². The van der Waals surface area contributed by atoms with Crippen molar-refractivity contribution in [2.75, 3.05) is 12.9 Å². The zero-order chi connectivity index (χ0) is 11.5. The van der Waals surface area contributed by atoms with Gasteiger partial charge in [0, 0.05) is 17.5 Å². The molecule has 0 spiro atoms. The fraction of sp³-hybridized carbons (Fsp3) is 0.667. The highest BCUT2D eigenvalue weighted by Crippen LogP contribution is 2.09. The average Bonchev–Trinajstić information content (AvgIpc) is 2.44. The quantitative estimate of drug-likeness (QED) is 0.683. The van der Waals surface area contributed by atoms with Crippen LogP contribution in [0.4, 0.5) is 0 Å². The van der Waals surface area contributed by atoms with Gasteiger partial charge in [-0.15, -0.1) is 0 Å². The minimum absolute atomic E-state index is 0.0680. The van der Waals surface area contributed by atoms with Crippen LogP contribution in [0.2, 0.25) is 0 Å². The summed E-state index contributed by atoms with van der Waals surface area (Å²) in [6.07, 6.45) is 1.84. The highest BCUT2D eigenvalue weighted by atomic mass is 32.2. The topological polar surface area (TPSA) is 72.5 Å². The number of carbonyl (C=O) groups is 1. The molecule has 1 N–H and O–H groups in total. The van der Waals surface area contributed by atoms with E-state index in [1.807, 2.05) is 6.92 Å². The van der Waals surface area contributed by atoms with Crippen LogP contribution in [0.5, 0.6) is 0 Å². The van der Waals surface area contributed by atoms with E-state index in [1.165, 1.54) is 12.5 Å². The Kier molecular flexibility index (Phi) is 3.87. The number of hydrogen-bond donors (Lipinski definition) is 1. The highest BCUT2D eigenvalue weighted by Gasteiger charge is 2.23. The summed E-state index contributed by atoms with van der Waals surface area (Å²) in [6, 6.07) is -0.296. The molecule has 0 saturated heterocycles. The third-order valence-corrected chi connectivity index (χ3v) is 3.52. The fourth-order valence-corrected chi connectivity index (χ4v) is 2.69. The third-order valence-electron chi connectivity index (χ3n) is 2.13. The van der Waals surface area contributed by atoms with Crippen molar-refractivity contribution in [2.45, 2.75) is 25.4 Å². The molecule has 1 aliphatic heterocycles. The van der Waals surface area contributed by atoms with Crippen molar-refractivity contribution in [3.63, 3.8) is 0 Å². The molecular weight excluding hydrogens is 218 g/mol. The van der Waals surface area contributed by atoms with Crippen LogP contribution in [0, 0.1) is 0 Å². The molecule has 1 heterocycles. The van der Waals surface area contributed by atoms with Gasteiger partial charge in [-0.25, -0.2) is 8.42 Å². The maximum atomic E-state index is 11.1. The van der Waals surface area contributed by atoms with Crippen molar-refractivity contribution < 1.29 is 17.9 Å². The zero-order valence-corrected chi connectivity index (χ0v) is 9.58. The molecule has 0 saturated carbocycles. The van der Waals surface area contributed by atoms with Crippen molar-refractivity contribution >= 4 is 15.8 Å². The number of esters is 1. The Bertz CT molecular complexity index is 360. The number of rotatable bonds is 4. The molecular formula is C9H15NO4S. The first-order valence-corrected chi connectivity index (χ1v) is 6.38. The second kappa shape index (κ2) is 4.76. The lowest BCUT2D eigenvalue weighted by molar-refractivity contribution is -0.141. The molecule has 86 valence electrons. The summed E-state index contributed by atoms with van der Waals surface area (Å²) >= 11 is 0. The number of nitrogens with one attached hydrogen (secondary N) is 1. The summed E-state index contributed by atoms with van der Waals surface area (Å²) in [5.41, 5.74) is 0. The first-order chi connectivity index (χ1) is 6.93. The lowest BCUT2D eigenvalue weighted by atomic mass is 10.2. The van der Waals surface area contributed by atoms with Crippen LogP contribution in [-0.4, -0.2) is 39.3 Å². The molecule has 6 heteroatoms. The summed E-state index contributed by atoms with van der Waals surface area (Å²) in [7, 11) is -1.71. The van der Waals surface area contributed by atoms with Gasteiger partial charge in [-0.05, 0) is 6.92 Å². The highest BCUT2D eigenvalue weighted by molar-refractivity contribution is 7.94. The van der Waals surface area contributed by atoms with Crippen molar-refractivity contribution in [3.05, 3.63) is 11.5 Å². The van der Waals surface area contributed by atoms with Gasteiger partial charge in [0.15, 0.2) is 9.84 Å². The van der Waals surface area contributed by atoms with Crippen LogP contribution in [-0.2, 0) is 19.4 Å². The first-order valence-electron chi connectivity index (χ1n) is 4.67. The first kappa shape index (κ1) is 12.2. The Morgan fingerprint density at radius 2 is 2.33 bits per heavy atom. The summed E-state index contributed by atoms with van der Waals surface area (Å²) in [5.74, 6) is -0.238. The molecule has 0 fully saturated rings. The van der Waals surface area contributed by atoms with Gasteiger partial charge in [0.2, 0.25) is 0 Å². The van der Waals surface area contributed by atoms with E-state index in [0.29, 0.717) is 0 Å². The zero-order valence-electron chi connectivity index (χ0n) is 8.76. The van der Waals surface area contributed by atoms with Gasteiger partial charge in [-0.2, -0.15) is 0 Å². The summed E-state index contributed by atoms with van der Waals surface area (Å²) in [5, 5.41) is 4.24. The molecule has 0 aromatic heterocycles. The van der Waals surface area contributed by atoms with E-state index in [1.54, 1.807) is 6.08 Å². The SMILES string of the molecule is COC(=O)CC(C)NC1C=CS(=O)(=O)C1. The molecule has 0 bridgehead atoms. The van der Waals surface area contributed by atoms with Crippen LogP contribution >= 0.6 is 0 Å². The van der Waals surface area contributed by atoms with Gasteiger partial charge in [-0.3, -0.25) is 4.79 Å². The number of sulfone groups is 1. The molecule has 0 aliphatic carbocycles. The van der Waals surface area contributed by atoms with Crippen LogP contribution < -0.4 is 5.32 Å². The number of methoxy groups -OCH3 is 1. The van der Waals surface area contributed by atoms with E-state index < -0.39 is 9.84 Å². The van der Waals surface area contributed by atoms with Crippen molar-refractivity contribution in [3.8, 4) is 0 Å². The predicted molar refractivity (Wildman–Crippen MR) is 55.9 cm³/mol. The Hall–Kier alpha value is -0.880. The lowest BCUT2D eigenvalue weighted by Gasteiger charge is -2.16. The molecule has 1 rings (SSSR count). The van der Waals surface area contributed by atoms with Crippen LogP contribution in [0.1, 0.15) is 13.3 Å². The van der Waals surface area contributed by atoms with E-state index in [-0.39, 0.29) is 30.2 Å². The number of hydrogen-bond acceptors (Lipinski definition) is 5. The number of carbonyl (C=O) groups excluding carboxylic acids is 1. The fourth-order valence-electron chi connectivity index (χ4n) is 1.44. The van der Waals surface area contributed by atoms with E-state index in [0.717, 1.165) is 0 Å². The monoisotopic (exact) mass is 233 g/mol. The molecule has 0 aromatic carbocycles. The molecule has 0 radical (unpaired) electrons. The second-order valence-corrected chi connectivity index (χ2v) is 5.54. The summed E-state index contributed by atoms with van der Waals surface area (Å²) in [6.45, 7) is 1.82. The van der Waals surface area contributed by atoms with Crippen molar-refractivity contribution in [1.82, 2.24) is 5.32 Å². The smallest absolute Gasteiger partial charge is 0.307 e. The van der Waals surface area contributed by atoms with E-state index in [9.17, 15) is 13.2 Å². The Morgan fingerprint density at radius 3 is 2.80 bits per heavy atom. The van der Waals surface area contributed by atoms with E-state index in [2.05, 4.69) is 10.1 Å². The van der Waals surface area contributed by atoms with Crippen LogP contribution in [0.15, 0.2) is 11.5 Å². The van der Waals surface area contributed by atoms with Crippen LogP contribution in [0.25, 0.3) is 0 Å². The molecule has 1 aliphatic rings. The molecule has 2 unspecified atom stereocenters. The second-order valence-electron chi connectivity index (χ2n) is 3.61. The molecule has 0 aromatic rings. The lowest BCUT2D eigenvalue weighted by Crippen LogP contribution is -2.38. The maximum absolute atomic E-state index is 11.1. The molecule has 15 heavy (non-hydrogen) atoms. The Balaban J connectivity index is 2.38. The van der Waals surface area contributed by atoms with E-state index in [4.69, 9.17) is 0 Å². The van der Waals surface area contributed by atoms with E-state index >= 15 is 0 Å². The normalized spacial score (nSPS) is 25.1. The minimum Gasteiger partial charge on any atom is -0.469 e. The van der Waals surface area contributed by atoms with Gasteiger partial charge in [-0.1, -0.05) is 6.08 Å². The number of ether oxygens (including phenoxy) is 1. The van der Waals surface area contributed by atoms with Gasteiger partial charge in [0.1, 0.15) is 0 Å². The molecule has 0 amide bonds. The average molecular weight is 233 g/mol. The van der Waals surface area contributed by atoms with Gasteiger partial charge in [0.05, 0.1) is 19.3 Å². The molecule has 2 atom stereocenters. The third kappa shape index (κ3) is 4.01. The summed E-state index contributed by atoms with van der Waals surface area (Å²) < 4.78 is 26.7. The van der Waals surface area contributed by atoms with Gasteiger partial charge >= 0.3 is 5.97 Å². The maximum Gasteiger partial charge on any atom is 0.307 e. The largest absolute Gasteiger partial charge is 0.469 e. The minimum atomic E-state index is -3.03. The Morgan fingerprint density at radius 1 is 1.67 bits per heavy atom. The van der Waals surface area contributed by atoms with Crippen molar-refractivity contribution in [1.29, 1.82) is 0 Å². The van der Waals surface area contributed by atoms with Crippen LogP contribution in [0.3, 0.4) is 0 Å². The standard InChI is InChI=1S/C9H15NO4S/c1-7(5-9(11)14-2)10-8-3-4-15(12,13)6-8/h3-4,7-8,10H,5-6H2,1-2H3. The predicted octanol–water partition coefficient (Wildman–Crippen LogP) is -0.162. The Labute approximate surface area is 89.4 Å². The van der Waals surface area contributed by atoms with Crippen molar-refractivity contribution in [2.24, 2.45) is 0 Å². The molecule has 5 nitrogen and oxygen atoms in total. The van der Waals surface area contributed by atoms with Gasteiger partial charge < -0.3 is 10.1 Å².